The van der Waals surface area contributed by atoms with Gasteiger partial charge in [0.2, 0.25) is 5.91 Å². The number of amides is 3. The molecule has 168 valence electrons. The van der Waals surface area contributed by atoms with Crippen molar-refractivity contribution < 1.29 is 14.4 Å². The first-order chi connectivity index (χ1) is 15.8. The molecular formula is C27H27N3O3. The maximum absolute atomic E-state index is 13.1. The standard InChI is InChI=1S/C27H27N3O3/c1-19-11-7-8-14-22(19)17-25(28-20(2)31)26(32)29-24-16-10-9-15-23(24)27(33)30(3)18-21-12-5-4-6-13-21/h4-17H,18H2,1-3H3,(H,28,31)(H,29,32). The molecule has 3 rings (SSSR count). The first-order valence-corrected chi connectivity index (χ1v) is 10.6. The minimum atomic E-state index is -0.514. The van der Waals surface area contributed by atoms with Crippen molar-refractivity contribution in [3.8, 4) is 0 Å². The van der Waals surface area contributed by atoms with Crippen LogP contribution in [0.25, 0.3) is 6.08 Å². The summed E-state index contributed by atoms with van der Waals surface area (Å²) < 4.78 is 0. The molecule has 0 aliphatic rings. The van der Waals surface area contributed by atoms with Gasteiger partial charge in [-0.1, -0.05) is 66.7 Å². The summed E-state index contributed by atoms with van der Waals surface area (Å²) in [6, 6.07) is 24.0. The fourth-order valence-electron chi connectivity index (χ4n) is 3.36. The molecule has 0 bridgehead atoms. The highest BCUT2D eigenvalue weighted by molar-refractivity contribution is 6.11. The summed E-state index contributed by atoms with van der Waals surface area (Å²) in [4.78, 5) is 39.5. The van der Waals surface area contributed by atoms with Gasteiger partial charge in [0.15, 0.2) is 0 Å². The topological polar surface area (TPSA) is 78.5 Å². The summed E-state index contributed by atoms with van der Waals surface area (Å²) in [7, 11) is 1.72. The second-order valence-corrected chi connectivity index (χ2v) is 7.74. The maximum atomic E-state index is 13.1. The lowest BCUT2D eigenvalue weighted by Gasteiger charge is -2.20. The van der Waals surface area contributed by atoms with E-state index < -0.39 is 5.91 Å². The van der Waals surface area contributed by atoms with E-state index in [-0.39, 0.29) is 17.5 Å². The van der Waals surface area contributed by atoms with E-state index in [2.05, 4.69) is 10.6 Å². The van der Waals surface area contributed by atoms with E-state index in [1.54, 1.807) is 42.3 Å². The van der Waals surface area contributed by atoms with Gasteiger partial charge in [-0.3, -0.25) is 14.4 Å². The van der Waals surface area contributed by atoms with Gasteiger partial charge >= 0.3 is 0 Å². The lowest BCUT2D eigenvalue weighted by molar-refractivity contribution is -0.120. The highest BCUT2D eigenvalue weighted by atomic mass is 16.2. The number of nitrogens with zero attached hydrogens (tertiary/aromatic N) is 1. The third-order valence-corrected chi connectivity index (χ3v) is 5.06. The molecule has 0 unspecified atom stereocenters. The summed E-state index contributed by atoms with van der Waals surface area (Å²) in [5.74, 6) is -1.10. The Labute approximate surface area is 193 Å². The number of anilines is 1. The predicted molar refractivity (Wildman–Crippen MR) is 130 cm³/mol. The first kappa shape index (κ1) is 23.5. The summed E-state index contributed by atoms with van der Waals surface area (Å²) in [6.07, 6.45) is 1.62. The molecule has 0 saturated carbocycles. The van der Waals surface area contributed by atoms with Crippen LogP contribution in [-0.4, -0.2) is 29.7 Å². The molecule has 3 aromatic rings. The first-order valence-electron chi connectivity index (χ1n) is 10.6. The van der Waals surface area contributed by atoms with Crippen LogP contribution in [0.2, 0.25) is 0 Å². The van der Waals surface area contributed by atoms with Crippen LogP contribution in [0.1, 0.15) is 34.0 Å². The molecule has 0 radical (unpaired) electrons. The third kappa shape index (κ3) is 6.40. The fourth-order valence-corrected chi connectivity index (χ4v) is 3.36. The predicted octanol–water partition coefficient (Wildman–Crippen LogP) is 4.38. The molecule has 6 heteroatoms. The van der Waals surface area contributed by atoms with Crippen LogP contribution in [0.15, 0.2) is 84.6 Å². The van der Waals surface area contributed by atoms with Crippen LogP contribution in [-0.2, 0) is 16.1 Å². The van der Waals surface area contributed by atoms with Crippen LogP contribution in [0.5, 0.6) is 0 Å². The average Bonchev–Trinajstić information content (AvgIpc) is 2.80. The Hall–Kier alpha value is -4.19. The minimum absolute atomic E-state index is 0.0942. The van der Waals surface area contributed by atoms with Crippen molar-refractivity contribution in [2.75, 3.05) is 12.4 Å². The van der Waals surface area contributed by atoms with Crippen LogP contribution >= 0.6 is 0 Å². The van der Waals surface area contributed by atoms with Crippen molar-refractivity contribution in [2.45, 2.75) is 20.4 Å². The zero-order valence-corrected chi connectivity index (χ0v) is 19.0. The number of para-hydroxylation sites is 1. The van der Waals surface area contributed by atoms with Crippen molar-refractivity contribution in [1.29, 1.82) is 0 Å². The minimum Gasteiger partial charge on any atom is -0.337 e. The van der Waals surface area contributed by atoms with Gasteiger partial charge in [0.1, 0.15) is 5.70 Å². The van der Waals surface area contributed by atoms with E-state index in [1.165, 1.54) is 6.92 Å². The zero-order chi connectivity index (χ0) is 23.8. The Balaban J connectivity index is 1.84. The molecular weight excluding hydrogens is 414 g/mol. The second kappa shape index (κ2) is 10.9. The average molecular weight is 442 g/mol. The van der Waals surface area contributed by atoms with Gasteiger partial charge in [-0.2, -0.15) is 0 Å². The fraction of sp³-hybridized carbons (Fsp3) is 0.148. The molecule has 6 nitrogen and oxygen atoms in total. The Bertz CT molecular complexity index is 1190. The number of hydrogen-bond acceptors (Lipinski definition) is 3. The molecule has 2 N–H and O–H groups in total. The van der Waals surface area contributed by atoms with E-state index in [0.717, 1.165) is 16.7 Å². The van der Waals surface area contributed by atoms with Gasteiger partial charge in [-0.15, -0.1) is 0 Å². The molecule has 0 heterocycles. The summed E-state index contributed by atoms with van der Waals surface area (Å²) in [5.41, 5.74) is 3.60. The number of aryl methyl sites for hydroxylation is 1. The summed E-state index contributed by atoms with van der Waals surface area (Å²) >= 11 is 0. The van der Waals surface area contributed by atoms with Crippen LogP contribution in [0.3, 0.4) is 0 Å². The van der Waals surface area contributed by atoms with E-state index in [4.69, 9.17) is 0 Å². The third-order valence-electron chi connectivity index (χ3n) is 5.06. The van der Waals surface area contributed by atoms with Crippen molar-refractivity contribution >= 4 is 29.5 Å². The SMILES string of the molecule is CC(=O)NC(=Cc1ccccc1C)C(=O)Nc1ccccc1C(=O)N(C)Cc1ccccc1. The van der Waals surface area contributed by atoms with Crippen LogP contribution < -0.4 is 10.6 Å². The zero-order valence-electron chi connectivity index (χ0n) is 19.0. The largest absolute Gasteiger partial charge is 0.337 e. The Morgan fingerprint density at radius 2 is 1.52 bits per heavy atom. The summed E-state index contributed by atoms with van der Waals surface area (Å²) in [5, 5.41) is 5.38. The van der Waals surface area contributed by atoms with Crippen molar-refractivity contribution in [1.82, 2.24) is 10.2 Å². The van der Waals surface area contributed by atoms with Gasteiger partial charge in [-0.25, -0.2) is 0 Å². The monoisotopic (exact) mass is 441 g/mol. The Morgan fingerprint density at radius 3 is 2.21 bits per heavy atom. The Kier molecular flexibility index (Phi) is 7.76. The molecule has 0 atom stereocenters. The number of rotatable bonds is 7. The highest BCUT2D eigenvalue weighted by Gasteiger charge is 2.19. The molecule has 0 saturated heterocycles. The van der Waals surface area contributed by atoms with Gasteiger partial charge < -0.3 is 15.5 Å². The van der Waals surface area contributed by atoms with E-state index >= 15 is 0 Å². The van der Waals surface area contributed by atoms with Crippen molar-refractivity contribution in [3.05, 3.63) is 107 Å². The molecule has 0 aliphatic carbocycles. The molecule has 33 heavy (non-hydrogen) atoms. The number of hydrogen-bond donors (Lipinski definition) is 2. The lowest BCUT2D eigenvalue weighted by atomic mass is 10.1. The number of carbonyl (C=O) groups is 3. The second-order valence-electron chi connectivity index (χ2n) is 7.74. The van der Waals surface area contributed by atoms with Crippen molar-refractivity contribution in [3.63, 3.8) is 0 Å². The number of carbonyl (C=O) groups excluding carboxylic acids is 3. The summed E-state index contributed by atoms with van der Waals surface area (Å²) in [6.45, 7) is 3.70. The van der Waals surface area contributed by atoms with Crippen LogP contribution in [0, 0.1) is 6.92 Å². The van der Waals surface area contributed by atoms with Gasteiger partial charge in [-0.05, 0) is 41.8 Å². The normalized spacial score (nSPS) is 10.9. The Morgan fingerprint density at radius 1 is 0.879 bits per heavy atom. The van der Waals surface area contributed by atoms with E-state index in [9.17, 15) is 14.4 Å². The lowest BCUT2D eigenvalue weighted by Crippen LogP contribution is -2.31. The van der Waals surface area contributed by atoms with Crippen LogP contribution in [0.4, 0.5) is 5.69 Å². The quantitative estimate of drug-likeness (QED) is 0.534. The highest BCUT2D eigenvalue weighted by Crippen LogP contribution is 2.19. The molecule has 0 spiro atoms. The van der Waals surface area contributed by atoms with Crippen molar-refractivity contribution in [2.24, 2.45) is 0 Å². The van der Waals surface area contributed by atoms with Gasteiger partial charge in [0.05, 0.1) is 11.3 Å². The molecule has 3 amide bonds. The number of benzene rings is 3. The smallest absolute Gasteiger partial charge is 0.272 e. The number of nitrogens with one attached hydrogen (secondary N) is 2. The molecule has 0 fully saturated rings. The molecule has 0 aromatic heterocycles. The molecule has 0 aliphatic heterocycles. The maximum Gasteiger partial charge on any atom is 0.272 e. The van der Waals surface area contributed by atoms with Gasteiger partial charge in [0.25, 0.3) is 11.8 Å². The van der Waals surface area contributed by atoms with E-state index in [1.807, 2.05) is 61.5 Å². The molecule has 3 aromatic carbocycles. The van der Waals surface area contributed by atoms with E-state index in [0.29, 0.717) is 17.8 Å². The van der Waals surface area contributed by atoms with Gasteiger partial charge in [0, 0.05) is 20.5 Å².